The summed E-state index contributed by atoms with van der Waals surface area (Å²) < 4.78 is 0. The van der Waals surface area contributed by atoms with Gasteiger partial charge < -0.3 is 5.73 Å². The Balaban J connectivity index is 1.94. The van der Waals surface area contributed by atoms with Crippen molar-refractivity contribution in [3.8, 4) is 6.07 Å². The number of non-ortho nitro benzene ring substituents is 1. The number of nitriles is 1. The maximum absolute atomic E-state index is 13.1. The maximum Gasteiger partial charge on any atom is 0.324 e. The van der Waals surface area contributed by atoms with E-state index in [-0.39, 0.29) is 27.9 Å². The number of carbonyl (C=O) groups excluding carboxylic acids is 1. The molecule has 0 saturated carbocycles. The highest BCUT2D eigenvalue weighted by atomic mass is 32.1. The van der Waals surface area contributed by atoms with E-state index in [2.05, 4.69) is 6.07 Å². The van der Waals surface area contributed by atoms with Crippen LogP contribution >= 0.6 is 11.3 Å². The van der Waals surface area contributed by atoms with Gasteiger partial charge in [0.05, 0.1) is 33.1 Å². The van der Waals surface area contributed by atoms with Crippen molar-refractivity contribution < 1.29 is 14.6 Å². The molecule has 0 fully saturated rings. The lowest BCUT2D eigenvalue weighted by Crippen LogP contribution is -2.38. The SMILES string of the molecule is Cc1cc([N+](=O)[O-])ccc1N1C(N)=C(C#N)[C@@H](c2ccc([N+](=O)[O-])s2)C2=C1CCCC2=O. The third-order valence-electron chi connectivity index (χ3n) is 5.62. The molecule has 0 saturated heterocycles. The van der Waals surface area contributed by atoms with Crippen LogP contribution in [0.2, 0.25) is 0 Å². The lowest BCUT2D eigenvalue weighted by molar-refractivity contribution is -0.384. The standard InChI is InChI=1S/C21H17N5O5S/c1-11-9-12(25(28)29)5-6-14(11)24-15-3-2-4-16(27)20(15)19(13(10-22)21(24)23)17-7-8-18(32-17)26(30)31/h5-9,19H,2-4,23H2,1H3/t19-/m0/s1. The van der Waals surface area contributed by atoms with Crippen molar-refractivity contribution >= 4 is 33.5 Å². The number of ketones is 1. The van der Waals surface area contributed by atoms with E-state index in [1.165, 1.54) is 18.2 Å². The summed E-state index contributed by atoms with van der Waals surface area (Å²) in [6, 6.07) is 9.31. The molecule has 0 bridgehead atoms. The third kappa shape index (κ3) is 3.30. The van der Waals surface area contributed by atoms with E-state index in [0.29, 0.717) is 46.7 Å². The van der Waals surface area contributed by atoms with Crippen molar-refractivity contribution in [2.24, 2.45) is 5.73 Å². The monoisotopic (exact) mass is 451 g/mol. The second kappa shape index (κ2) is 7.90. The molecule has 2 heterocycles. The molecule has 2 aliphatic rings. The van der Waals surface area contributed by atoms with Gasteiger partial charge in [0, 0.05) is 40.8 Å². The number of Topliss-reactive ketones (excluding diaryl/α,β-unsaturated/α-hetero) is 1. The van der Waals surface area contributed by atoms with Crippen molar-refractivity contribution in [3.63, 3.8) is 0 Å². The van der Waals surface area contributed by atoms with Gasteiger partial charge in [-0.15, -0.1) is 0 Å². The number of carbonyl (C=O) groups is 1. The van der Waals surface area contributed by atoms with E-state index in [1.54, 1.807) is 24.0 Å². The highest BCUT2D eigenvalue weighted by molar-refractivity contribution is 7.15. The van der Waals surface area contributed by atoms with Gasteiger partial charge in [-0.2, -0.15) is 5.26 Å². The van der Waals surface area contributed by atoms with Gasteiger partial charge in [-0.3, -0.25) is 29.9 Å². The fraction of sp³-hybridized carbons (Fsp3) is 0.238. The average Bonchev–Trinajstić information content (AvgIpc) is 3.24. The van der Waals surface area contributed by atoms with Crippen LogP contribution in [0.4, 0.5) is 16.4 Å². The average molecular weight is 451 g/mol. The Morgan fingerprint density at radius 3 is 2.53 bits per heavy atom. The number of allylic oxidation sites excluding steroid dienone is 3. The van der Waals surface area contributed by atoms with E-state index < -0.39 is 15.8 Å². The number of nitro groups is 2. The minimum Gasteiger partial charge on any atom is -0.384 e. The van der Waals surface area contributed by atoms with Crippen LogP contribution in [-0.4, -0.2) is 15.6 Å². The number of nitrogens with zero attached hydrogens (tertiary/aromatic N) is 4. The fourth-order valence-corrected chi connectivity index (χ4v) is 5.19. The number of thiophene rings is 1. The number of aryl methyl sites for hydroxylation is 1. The Labute approximate surface area is 186 Å². The zero-order valence-corrected chi connectivity index (χ0v) is 17.7. The van der Waals surface area contributed by atoms with Gasteiger partial charge in [0.1, 0.15) is 5.82 Å². The Kier molecular flexibility index (Phi) is 5.23. The Morgan fingerprint density at radius 2 is 1.94 bits per heavy atom. The van der Waals surface area contributed by atoms with Crippen LogP contribution in [0.3, 0.4) is 0 Å². The summed E-state index contributed by atoms with van der Waals surface area (Å²) in [5.74, 6) is -0.813. The van der Waals surface area contributed by atoms with Crippen LogP contribution in [0.5, 0.6) is 0 Å². The van der Waals surface area contributed by atoms with E-state index in [9.17, 15) is 30.3 Å². The first-order valence-corrected chi connectivity index (χ1v) is 10.5. The number of benzene rings is 1. The molecule has 1 atom stereocenters. The lowest BCUT2D eigenvalue weighted by Gasteiger charge is -2.39. The Bertz CT molecular complexity index is 1290. The summed E-state index contributed by atoms with van der Waals surface area (Å²) in [6.07, 6.45) is 1.40. The Morgan fingerprint density at radius 1 is 1.19 bits per heavy atom. The minimum absolute atomic E-state index is 0.0796. The van der Waals surface area contributed by atoms with E-state index in [1.807, 2.05) is 0 Å². The van der Waals surface area contributed by atoms with Crippen LogP contribution < -0.4 is 10.6 Å². The van der Waals surface area contributed by atoms with Crippen LogP contribution in [0, 0.1) is 38.5 Å². The van der Waals surface area contributed by atoms with Gasteiger partial charge in [-0.25, -0.2) is 0 Å². The molecule has 4 rings (SSSR count). The van der Waals surface area contributed by atoms with Gasteiger partial charge in [-0.1, -0.05) is 11.3 Å². The van der Waals surface area contributed by atoms with Gasteiger partial charge >= 0.3 is 5.00 Å². The third-order valence-corrected chi connectivity index (χ3v) is 6.72. The number of rotatable bonds is 4. The van der Waals surface area contributed by atoms with Gasteiger partial charge in [0.15, 0.2) is 5.78 Å². The number of hydrogen-bond donors (Lipinski definition) is 1. The number of anilines is 1. The van der Waals surface area contributed by atoms with Gasteiger partial charge in [0.25, 0.3) is 5.69 Å². The van der Waals surface area contributed by atoms with E-state index in [0.717, 1.165) is 11.3 Å². The Hall–Kier alpha value is -4.04. The summed E-state index contributed by atoms with van der Waals surface area (Å²) in [4.78, 5) is 36.5. The highest BCUT2D eigenvalue weighted by Gasteiger charge is 2.41. The predicted molar refractivity (Wildman–Crippen MR) is 117 cm³/mol. The second-order valence-electron chi connectivity index (χ2n) is 7.48. The molecule has 1 aromatic carbocycles. The van der Waals surface area contributed by atoms with Crippen molar-refractivity contribution in [2.45, 2.75) is 32.1 Å². The molecule has 10 nitrogen and oxygen atoms in total. The lowest BCUT2D eigenvalue weighted by atomic mass is 9.78. The summed E-state index contributed by atoms with van der Waals surface area (Å²) >= 11 is 0.912. The van der Waals surface area contributed by atoms with Crippen molar-refractivity contribution in [2.75, 3.05) is 4.90 Å². The first kappa shape index (κ1) is 21.2. The quantitative estimate of drug-likeness (QED) is 0.536. The molecule has 0 unspecified atom stereocenters. The van der Waals surface area contributed by atoms with Crippen LogP contribution in [0.15, 0.2) is 53.0 Å². The van der Waals surface area contributed by atoms with Crippen LogP contribution in [0.1, 0.15) is 35.6 Å². The zero-order chi connectivity index (χ0) is 23.2. The van der Waals surface area contributed by atoms with Gasteiger partial charge in [0.2, 0.25) is 0 Å². The number of nitrogens with two attached hydrogens (primary N) is 1. The molecule has 0 radical (unpaired) electrons. The molecular formula is C21H17N5O5S. The number of nitro benzene ring substituents is 1. The molecule has 0 spiro atoms. The van der Waals surface area contributed by atoms with Crippen molar-refractivity contribution in [3.05, 3.63) is 83.7 Å². The molecule has 11 heteroatoms. The highest BCUT2D eigenvalue weighted by Crippen LogP contribution is 2.48. The van der Waals surface area contributed by atoms with Crippen molar-refractivity contribution in [1.82, 2.24) is 0 Å². The summed E-state index contributed by atoms with van der Waals surface area (Å²) in [7, 11) is 0. The zero-order valence-electron chi connectivity index (χ0n) is 16.9. The van der Waals surface area contributed by atoms with Crippen LogP contribution in [-0.2, 0) is 4.79 Å². The normalized spacial score (nSPS) is 18.4. The minimum atomic E-state index is -0.781. The fourth-order valence-electron chi connectivity index (χ4n) is 4.25. The molecule has 0 amide bonds. The second-order valence-corrected chi connectivity index (χ2v) is 8.57. The predicted octanol–water partition coefficient (Wildman–Crippen LogP) is 4.18. The molecule has 1 aromatic heterocycles. The summed E-state index contributed by atoms with van der Waals surface area (Å²) in [5.41, 5.74) is 8.62. The molecule has 32 heavy (non-hydrogen) atoms. The van der Waals surface area contributed by atoms with Gasteiger partial charge in [-0.05, 0) is 37.5 Å². The van der Waals surface area contributed by atoms with E-state index >= 15 is 0 Å². The molecule has 1 aliphatic carbocycles. The molecule has 1 aliphatic heterocycles. The number of hydrogen-bond acceptors (Lipinski definition) is 9. The van der Waals surface area contributed by atoms with E-state index in [4.69, 9.17) is 5.73 Å². The molecule has 2 N–H and O–H groups in total. The summed E-state index contributed by atoms with van der Waals surface area (Å²) in [5, 5.41) is 32.2. The smallest absolute Gasteiger partial charge is 0.324 e. The first-order valence-electron chi connectivity index (χ1n) is 9.69. The molecule has 162 valence electrons. The topological polar surface area (TPSA) is 156 Å². The van der Waals surface area contributed by atoms with Crippen LogP contribution in [0.25, 0.3) is 0 Å². The first-order chi connectivity index (χ1) is 15.2. The maximum atomic E-state index is 13.1. The molecular weight excluding hydrogens is 434 g/mol. The summed E-state index contributed by atoms with van der Waals surface area (Å²) in [6.45, 7) is 1.70. The van der Waals surface area contributed by atoms with Crippen molar-refractivity contribution in [1.29, 1.82) is 5.26 Å². The largest absolute Gasteiger partial charge is 0.384 e. The molecule has 2 aromatic rings.